The van der Waals surface area contributed by atoms with Gasteiger partial charge >= 0.3 is 0 Å². The minimum Gasteiger partial charge on any atom is -0.391 e. The molecule has 94 valence electrons. The van der Waals surface area contributed by atoms with Crippen LogP contribution in [0.5, 0.6) is 0 Å². The largest absolute Gasteiger partial charge is 0.391 e. The van der Waals surface area contributed by atoms with Crippen LogP contribution in [-0.2, 0) is 4.84 Å². The van der Waals surface area contributed by atoms with Crippen LogP contribution in [0.1, 0.15) is 12.8 Å². The molecule has 1 aromatic rings. The third-order valence-corrected chi connectivity index (χ3v) is 3.67. The van der Waals surface area contributed by atoms with E-state index < -0.39 is 0 Å². The third-order valence-electron chi connectivity index (χ3n) is 3.00. The molecule has 4 nitrogen and oxygen atoms in total. The zero-order valence-corrected chi connectivity index (χ0v) is 11.0. The Labute approximate surface area is 111 Å². The van der Waals surface area contributed by atoms with Crippen molar-refractivity contribution in [2.75, 3.05) is 18.1 Å². The predicted molar refractivity (Wildman–Crippen MR) is 71.9 cm³/mol. The number of hydrazine groups is 1. The molecule has 1 atom stereocenters. The fraction of sp³-hybridized carbons (Fsp3) is 0.455. The fourth-order valence-electron chi connectivity index (χ4n) is 2.09. The molecule has 2 aliphatic heterocycles. The molecule has 2 aliphatic rings. The lowest BCUT2D eigenvalue weighted by Gasteiger charge is -2.21. The highest BCUT2D eigenvalue weighted by Crippen LogP contribution is 2.26. The number of nitrogens with zero attached hydrogens (tertiary/aromatic N) is 1. The quantitative estimate of drug-likeness (QED) is 0.867. The van der Waals surface area contributed by atoms with E-state index in [1.807, 2.05) is 5.01 Å². The summed E-state index contributed by atoms with van der Waals surface area (Å²) in [5, 5.41) is 9.48. The summed E-state index contributed by atoms with van der Waals surface area (Å²) in [6, 6.07) is 2.07. The Hall–Kier alpha value is -0.750. The van der Waals surface area contributed by atoms with Gasteiger partial charge in [-0.2, -0.15) is 11.3 Å². The highest BCUT2D eigenvalue weighted by molar-refractivity contribution is 7.08. The van der Waals surface area contributed by atoms with Gasteiger partial charge in [-0.05, 0) is 30.8 Å². The molecule has 0 radical (unpaired) electrons. The van der Waals surface area contributed by atoms with E-state index in [0.717, 1.165) is 24.5 Å². The van der Waals surface area contributed by atoms with Crippen LogP contribution in [0.3, 0.4) is 0 Å². The molecule has 0 aromatic carbocycles. The lowest BCUT2D eigenvalue weighted by Crippen LogP contribution is -2.31. The normalized spacial score (nSPS) is 23.9. The summed E-state index contributed by atoms with van der Waals surface area (Å²) in [5.41, 5.74) is 4.05. The second-order valence-electron chi connectivity index (χ2n) is 4.12. The first-order chi connectivity index (χ1) is 7.93. The maximum Gasteiger partial charge on any atom is 0.148 e. The highest BCUT2D eigenvalue weighted by Gasteiger charge is 2.25. The number of halogens is 1. The first kappa shape index (κ1) is 12.7. The Morgan fingerprint density at radius 1 is 1.47 bits per heavy atom. The second kappa shape index (κ2) is 5.73. The summed E-state index contributed by atoms with van der Waals surface area (Å²) < 4.78 is 0. The highest BCUT2D eigenvalue weighted by atomic mass is 35.5. The molecule has 0 aliphatic carbocycles. The lowest BCUT2D eigenvalue weighted by atomic mass is 9.98. The molecule has 0 amide bonds. The maximum atomic E-state index is 5.53. The van der Waals surface area contributed by atoms with E-state index >= 15 is 0 Å². The first-order valence-corrected chi connectivity index (χ1v) is 6.54. The number of piperidine rings is 1. The van der Waals surface area contributed by atoms with Crippen LogP contribution < -0.4 is 15.9 Å². The Morgan fingerprint density at radius 2 is 2.41 bits per heavy atom. The van der Waals surface area contributed by atoms with Gasteiger partial charge in [0.1, 0.15) is 5.76 Å². The van der Waals surface area contributed by atoms with Crippen LogP contribution in [0, 0.1) is 5.92 Å². The van der Waals surface area contributed by atoms with Crippen molar-refractivity contribution in [3.63, 3.8) is 0 Å². The lowest BCUT2D eigenvalue weighted by molar-refractivity contribution is 0.101. The van der Waals surface area contributed by atoms with Gasteiger partial charge in [0.2, 0.25) is 0 Å². The number of nitrogens with one attached hydrogen (secondary N) is 2. The van der Waals surface area contributed by atoms with Gasteiger partial charge in [-0.15, -0.1) is 12.4 Å². The van der Waals surface area contributed by atoms with Crippen molar-refractivity contribution < 1.29 is 4.84 Å². The van der Waals surface area contributed by atoms with Crippen molar-refractivity contribution in [2.24, 2.45) is 5.92 Å². The van der Waals surface area contributed by atoms with Crippen LogP contribution in [0.15, 0.2) is 28.8 Å². The van der Waals surface area contributed by atoms with Crippen molar-refractivity contribution >= 4 is 29.4 Å². The molecule has 1 saturated heterocycles. The predicted octanol–water partition coefficient (Wildman–Crippen LogP) is 2.27. The summed E-state index contributed by atoms with van der Waals surface area (Å²) in [6.07, 6.45) is 4.49. The number of anilines is 1. The van der Waals surface area contributed by atoms with Gasteiger partial charge in [-0.3, -0.25) is 0 Å². The smallest absolute Gasteiger partial charge is 0.148 e. The van der Waals surface area contributed by atoms with Crippen molar-refractivity contribution in [3.05, 3.63) is 28.8 Å². The number of hydrogen-bond donors (Lipinski definition) is 2. The van der Waals surface area contributed by atoms with Crippen molar-refractivity contribution in [1.29, 1.82) is 0 Å². The summed E-state index contributed by atoms with van der Waals surface area (Å²) in [6.45, 7) is 2.15. The molecule has 2 N–H and O–H groups in total. The van der Waals surface area contributed by atoms with Gasteiger partial charge < -0.3 is 10.2 Å². The van der Waals surface area contributed by atoms with Gasteiger partial charge in [0.15, 0.2) is 0 Å². The van der Waals surface area contributed by atoms with E-state index in [1.54, 1.807) is 11.3 Å². The molecule has 0 unspecified atom stereocenters. The molecule has 1 fully saturated rings. The molecule has 17 heavy (non-hydrogen) atoms. The average Bonchev–Trinajstić information content (AvgIpc) is 3.01. The van der Waals surface area contributed by atoms with Crippen molar-refractivity contribution in [3.8, 4) is 0 Å². The van der Waals surface area contributed by atoms with Gasteiger partial charge in [0.25, 0.3) is 0 Å². The summed E-state index contributed by atoms with van der Waals surface area (Å²) in [7, 11) is 0. The number of rotatable bonds is 2. The molecule has 0 bridgehead atoms. The van der Waals surface area contributed by atoms with Gasteiger partial charge in [0.05, 0.1) is 11.9 Å². The monoisotopic (exact) mass is 273 g/mol. The summed E-state index contributed by atoms with van der Waals surface area (Å²) in [4.78, 5) is 5.53. The van der Waals surface area contributed by atoms with Crippen LogP contribution in [-0.4, -0.2) is 13.1 Å². The second-order valence-corrected chi connectivity index (χ2v) is 4.90. The van der Waals surface area contributed by atoms with Gasteiger partial charge in [-0.25, -0.2) is 5.01 Å². The summed E-state index contributed by atoms with van der Waals surface area (Å²) in [5.74, 6) is 1.54. The molecule has 1 aromatic heterocycles. The molecular weight excluding hydrogens is 258 g/mol. The van der Waals surface area contributed by atoms with Crippen molar-refractivity contribution in [2.45, 2.75) is 12.8 Å². The first-order valence-electron chi connectivity index (χ1n) is 5.60. The van der Waals surface area contributed by atoms with E-state index in [9.17, 15) is 0 Å². The Balaban J connectivity index is 0.00000108. The molecular formula is C11H16ClN3OS. The molecule has 3 rings (SSSR count). The maximum absolute atomic E-state index is 5.53. The number of hydrogen-bond acceptors (Lipinski definition) is 5. The van der Waals surface area contributed by atoms with E-state index in [1.165, 1.54) is 12.8 Å². The van der Waals surface area contributed by atoms with Crippen molar-refractivity contribution in [1.82, 2.24) is 10.9 Å². The third kappa shape index (κ3) is 2.74. The molecule has 6 heteroatoms. The standard InChI is InChI=1S/C11H15N3OS.ClH/c1-2-9(6-12-4-1)11-7-14(13-15-11)10-3-5-16-8-10;/h3,5,7-9,12-13H,1-2,4,6H2;1H/t9-;/m0./s1. The van der Waals surface area contributed by atoms with E-state index in [4.69, 9.17) is 4.84 Å². The Bertz CT molecular complexity index is 376. The summed E-state index contributed by atoms with van der Waals surface area (Å²) >= 11 is 1.68. The van der Waals surface area contributed by atoms with Gasteiger partial charge in [-0.1, -0.05) is 5.59 Å². The van der Waals surface area contributed by atoms with E-state index in [0.29, 0.717) is 5.92 Å². The Kier molecular flexibility index (Phi) is 4.28. The fourth-order valence-corrected chi connectivity index (χ4v) is 2.71. The van der Waals surface area contributed by atoms with Crippen LogP contribution in [0.4, 0.5) is 5.69 Å². The average molecular weight is 274 g/mol. The van der Waals surface area contributed by atoms with Crippen LogP contribution in [0.2, 0.25) is 0 Å². The van der Waals surface area contributed by atoms with Crippen LogP contribution in [0.25, 0.3) is 0 Å². The van der Waals surface area contributed by atoms with Gasteiger partial charge in [0, 0.05) is 17.8 Å². The SMILES string of the molecule is C1=C([C@H]2CCCNC2)ONN1c1ccsc1.Cl. The molecule has 3 heterocycles. The minimum absolute atomic E-state index is 0. The van der Waals surface area contributed by atoms with Crippen LogP contribution >= 0.6 is 23.7 Å². The zero-order chi connectivity index (χ0) is 10.8. The molecule has 0 saturated carbocycles. The topological polar surface area (TPSA) is 36.5 Å². The van der Waals surface area contributed by atoms with E-state index in [-0.39, 0.29) is 12.4 Å². The Morgan fingerprint density at radius 3 is 3.12 bits per heavy atom. The van der Waals surface area contributed by atoms with E-state index in [2.05, 4.69) is 33.9 Å². The zero-order valence-electron chi connectivity index (χ0n) is 9.39. The minimum atomic E-state index is 0. The number of thiophene rings is 1. The molecule has 0 spiro atoms.